The minimum atomic E-state index is -0.300. The number of benzene rings is 1. The fourth-order valence-corrected chi connectivity index (χ4v) is 3.65. The topological polar surface area (TPSA) is 97.3 Å². The van der Waals surface area contributed by atoms with Gasteiger partial charge < -0.3 is 20.7 Å². The van der Waals surface area contributed by atoms with Gasteiger partial charge in [0.2, 0.25) is 0 Å². The molecule has 2 aliphatic rings. The summed E-state index contributed by atoms with van der Waals surface area (Å²) >= 11 is 0. The zero-order valence-corrected chi connectivity index (χ0v) is 15.2. The number of hydrogen-bond donors (Lipinski definition) is 3. The highest BCUT2D eigenvalue weighted by molar-refractivity contribution is 6.01. The van der Waals surface area contributed by atoms with E-state index in [1.807, 2.05) is 17.8 Å². The maximum absolute atomic E-state index is 12.6. The van der Waals surface area contributed by atoms with Gasteiger partial charge in [-0.3, -0.25) is 9.48 Å². The van der Waals surface area contributed by atoms with Crippen molar-refractivity contribution in [1.82, 2.24) is 20.4 Å². The van der Waals surface area contributed by atoms with E-state index in [-0.39, 0.29) is 24.1 Å². The Morgan fingerprint density at radius 3 is 3.15 bits per heavy atom. The van der Waals surface area contributed by atoms with Crippen molar-refractivity contribution in [2.45, 2.75) is 45.0 Å². The Labute approximate surface area is 157 Å². The van der Waals surface area contributed by atoms with E-state index in [0.29, 0.717) is 24.4 Å². The first kappa shape index (κ1) is 17.5. The van der Waals surface area contributed by atoms with Crippen molar-refractivity contribution >= 4 is 17.6 Å². The number of carbonyl (C=O) groups excluding carboxylic acids is 2. The Morgan fingerprint density at radius 1 is 1.44 bits per heavy atom. The molecule has 8 heteroatoms. The molecule has 0 bridgehead atoms. The molecule has 0 saturated carbocycles. The van der Waals surface area contributed by atoms with Crippen LogP contribution in [0.4, 0.5) is 10.5 Å². The van der Waals surface area contributed by atoms with Crippen LogP contribution in [0.1, 0.15) is 47.4 Å². The predicted molar refractivity (Wildman–Crippen MR) is 99.4 cm³/mol. The van der Waals surface area contributed by atoms with E-state index in [1.54, 1.807) is 24.4 Å². The normalized spacial score (nSPS) is 21.4. The third kappa shape index (κ3) is 3.52. The maximum Gasteiger partial charge on any atom is 0.319 e. The summed E-state index contributed by atoms with van der Waals surface area (Å²) in [6.07, 6.45) is 5.27. The van der Waals surface area contributed by atoms with E-state index in [2.05, 4.69) is 21.0 Å². The van der Waals surface area contributed by atoms with Crippen molar-refractivity contribution in [2.24, 2.45) is 0 Å². The van der Waals surface area contributed by atoms with E-state index < -0.39 is 0 Å². The Morgan fingerprint density at radius 2 is 2.33 bits per heavy atom. The van der Waals surface area contributed by atoms with Gasteiger partial charge in [-0.15, -0.1) is 0 Å². The zero-order chi connectivity index (χ0) is 18.8. The fraction of sp³-hybridized carbons (Fsp3) is 0.421. The van der Waals surface area contributed by atoms with Gasteiger partial charge in [0.05, 0.1) is 12.2 Å². The lowest BCUT2D eigenvalue weighted by Crippen LogP contribution is -2.44. The second kappa shape index (κ2) is 7.40. The number of carbonyl (C=O) groups is 2. The zero-order valence-electron chi connectivity index (χ0n) is 15.2. The molecule has 0 aliphatic carbocycles. The summed E-state index contributed by atoms with van der Waals surface area (Å²) in [6, 6.07) is 4.90. The van der Waals surface area contributed by atoms with Crippen molar-refractivity contribution < 1.29 is 14.3 Å². The molecule has 2 aliphatic heterocycles. The van der Waals surface area contributed by atoms with E-state index in [1.165, 1.54) is 0 Å². The summed E-state index contributed by atoms with van der Waals surface area (Å²) in [5.41, 5.74) is 3.05. The van der Waals surface area contributed by atoms with E-state index in [9.17, 15) is 9.59 Å². The van der Waals surface area contributed by atoms with Crippen LogP contribution in [0, 0.1) is 0 Å². The monoisotopic (exact) mass is 369 g/mol. The minimum Gasteiger partial charge on any atom is -0.371 e. The first-order valence-electron chi connectivity index (χ1n) is 9.27. The highest BCUT2D eigenvalue weighted by Crippen LogP contribution is 2.29. The number of urea groups is 1. The molecule has 3 N–H and O–H groups in total. The summed E-state index contributed by atoms with van der Waals surface area (Å²) in [4.78, 5) is 24.4. The van der Waals surface area contributed by atoms with Crippen LogP contribution in [0.2, 0.25) is 0 Å². The molecule has 1 saturated heterocycles. The molecule has 0 unspecified atom stereocenters. The minimum absolute atomic E-state index is 0.109. The second-order valence-corrected chi connectivity index (χ2v) is 6.78. The van der Waals surface area contributed by atoms with Gasteiger partial charge in [0.25, 0.3) is 5.91 Å². The van der Waals surface area contributed by atoms with Crippen molar-refractivity contribution in [3.63, 3.8) is 0 Å². The van der Waals surface area contributed by atoms with Crippen LogP contribution in [-0.4, -0.2) is 34.4 Å². The lowest BCUT2D eigenvalue weighted by Gasteiger charge is -2.31. The van der Waals surface area contributed by atoms with Crippen LogP contribution in [0.25, 0.3) is 0 Å². The van der Waals surface area contributed by atoms with Crippen LogP contribution in [-0.2, 0) is 17.8 Å². The molecule has 0 spiro atoms. The largest absolute Gasteiger partial charge is 0.371 e. The van der Waals surface area contributed by atoms with Gasteiger partial charge in [-0.1, -0.05) is 6.07 Å². The number of hydrogen-bond acceptors (Lipinski definition) is 4. The van der Waals surface area contributed by atoms with Crippen LogP contribution in [0.3, 0.4) is 0 Å². The van der Waals surface area contributed by atoms with Crippen LogP contribution >= 0.6 is 0 Å². The Kier molecular flexibility index (Phi) is 4.81. The Hall–Kier alpha value is -2.87. The maximum atomic E-state index is 12.6. The molecule has 8 nitrogen and oxygen atoms in total. The summed E-state index contributed by atoms with van der Waals surface area (Å²) in [5, 5.41) is 13.0. The number of nitrogens with one attached hydrogen (secondary N) is 3. The molecule has 3 amide bonds. The van der Waals surface area contributed by atoms with Gasteiger partial charge >= 0.3 is 6.03 Å². The third-order valence-corrected chi connectivity index (χ3v) is 5.04. The Bertz CT molecular complexity index is 863. The van der Waals surface area contributed by atoms with Crippen molar-refractivity contribution in [3.8, 4) is 0 Å². The second-order valence-electron chi connectivity index (χ2n) is 6.78. The van der Waals surface area contributed by atoms with Crippen molar-refractivity contribution in [2.75, 3.05) is 11.9 Å². The third-order valence-electron chi connectivity index (χ3n) is 5.04. The molecular formula is C19H23N5O3. The summed E-state index contributed by atoms with van der Waals surface area (Å²) in [5.74, 6) is -0.109. The smallest absolute Gasteiger partial charge is 0.319 e. The first-order chi connectivity index (χ1) is 13.2. The number of aromatic nitrogens is 2. The Balaban J connectivity index is 1.46. The quantitative estimate of drug-likeness (QED) is 0.769. The van der Waals surface area contributed by atoms with Gasteiger partial charge in [-0.05, 0) is 31.9 Å². The first-order valence-corrected chi connectivity index (χ1v) is 9.27. The average molecular weight is 369 g/mol. The van der Waals surface area contributed by atoms with E-state index >= 15 is 0 Å². The number of nitrogens with zero attached hydrogens (tertiary/aromatic N) is 2. The van der Waals surface area contributed by atoms with Crippen LogP contribution in [0.5, 0.6) is 0 Å². The number of ether oxygens (including phenoxy) is 1. The lowest BCUT2D eigenvalue weighted by atomic mass is 9.98. The molecule has 3 heterocycles. The standard InChI is InChI=1S/C19H23N5O3/c1-2-24-11-12(9-21-24)17-16(7-4-8-27-17)23-19(26)22-15-6-3-5-13-14(15)10-20-18(13)25/h3,5-6,9,11,16-17H,2,4,7-8,10H2,1H3,(H,20,25)(H2,22,23,26)/t16-,17+/m1/s1. The summed E-state index contributed by atoms with van der Waals surface area (Å²) in [6.45, 7) is 3.91. The van der Waals surface area contributed by atoms with E-state index in [0.717, 1.165) is 30.5 Å². The molecule has 1 aromatic heterocycles. The number of rotatable bonds is 4. The highest BCUT2D eigenvalue weighted by Gasteiger charge is 2.30. The molecule has 0 radical (unpaired) electrons. The number of aryl methyl sites for hydroxylation is 1. The molecule has 1 aromatic carbocycles. The highest BCUT2D eigenvalue weighted by atomic mass is 16.5. The molecule has 27 heavy (non-hydrogen) atoms. The SMILES string of the molecule is CCn1cc([C@@H]2OCCC[C@H]2NC(=O)Nc2cccc3c2CNC3=O)cn1. The van der Waals surface area contributed by atoms with Crippen molar-refractivity contribution in [1.29, 1.82) is 0 Å². The van der Waals surface area contributed by atoms with Gasteiger partial charge in [0, 0.05) is 48.3 Å². The molecule has 142 valence electrons. The van der Waals surface area contributed by atoms with E-state index in [4.69, 9.17) is 4.74 Å². The molecule has 1 fully saturated rings. The molecule has 2 aromatic rings. The van der Waals surface area contributed by atoms with Gasteiger partial charge in [0.1, 0.15) is 6.10 Å². The average Bonchev–Trinajstić information content (AvgIpc) is 3.30. The van der Waals surface area contributed by atoms with Gasteiger partial charge in [-0.25, -0.2) is 4.79 Å². The van der Waals surface area contributed by atoms with Crippen molar-refractivity contribution in [3.05, 3.63) is 47.3 Å². The molecular weight excluding hydrogens is 346 g/mol. The molecule has 2 atom stereocenters. The van der Waals surface area contributed by atoms with Gasteiger partial charge in [-0.2, -0.15) is 5.10 Å². The summed E-state index contributed by atoms with van der Waals surface area (Å²) < 4.78 is 7.77. The van der Waals surface area contributed by atoms with Gasteiger partial charge in [0.15, 0.2) is 0 Å². The number of fused-ring (bicyclic) bond motifs is 1. The summed E-state index contributed by atoms with van der Waals surface area (Å²) in [7, 11) is 0. The van der Waals surface area contributed by atoms with Crippen LogP contribution in [0.15, 0.2) is 30.6 Å². The number of anilines is 1. The number of amides is 3. The fourth-order valence-electron chi connectivity index (χ4n) is 3.65. The lowest BCUT2D eigenvalue weighted by molar-refractivity contribution is -0.00701. The predicted octanol–water partition coefficient (Wildman–Crippen LogP) is 2.19. The van der Waals surface area contributed by atoms with Crippen LogP contribution < -0.4 is 16.0 Å². The molecule has 4 rings (SSSR count).